The number of hydrogen-bond donors (Lipinski definition) is 1. The van der Waals surface area contributed by atoms with Crippen LogP contribution in [0.3, 0.4) is 0 Å². The van der Waals surface area contributed by atoms with E-state index in [0.29, 0.717) is 24.9 Å². The molecular formula is C20H31N9. The zero-order valence-corrected chi connectivity index (χ0v) is 17.2. The maximum Gasteiger partial charge on any atom is 0.0415 e. The number of nitrogens with one attached hydrogen (secondary N) is 1. The number of hydrogen-bond acceptors (Lipinski definition) is 5. The Morgan fingerprint density at radius 3 is 2.41 bits per heavy atom. The van der Waals surface area contributed by atoms with Crippen molar-refractivity contribution in [2.75, 3.05) is 52.4 Å². The van der Waals surface area contributed by atoms with Crippen LogP contribution in [0.2, 0.25) is 0 Å². The minimum Gasteiger partial charge on any atom is -0.387 e. The Morgan fingerprint density at radius 1 is 1.10 bits per heavy atom. The first-order valence-corrected chi connectivity index (χ1v) is 10.5. The lowest BCUT2D eigenvalue weighted by molar-refractivity contribution is 0.0931. The van der Waals surface area contributed by atoms with Crippen LogP contribution in [0.4, 0.5) is 0 Å². The predicted octanol–water partition coefficient (Wildman–Crippen LogP) is 3.61. The number of piperazine rings is 1. The van der Waals surface area contributed by atoms with Crippen molar-refractivity contribution in [2.45, 2.75) is 25.8 Å². The van der Waals surface area contributed by atoms with Crippen molar-refractivity contribution in [2.24, 2.45) is 22.1 Å². The molecule has 2 atom stereocenters. The summed E-state index contributed by atoms with van der Waals surface area (Å²) in [5, 5.41) is 10.7. The third-order valence-corrected chi connectivity index (χ3v) is 6.08. The molecule has 0 aromatic carbocycles. The van der Waals surface area contributed by atoms with Gasteiger partial charge in [0, 0.05) is 80.3 Å². The van der Waals surface area contributed by atoms with E-state index in [2.05, 4.69) is 66.5 Å². The van der Waals surface area contributed by atoms with Gasteiger partial charge < -0.3 is 10.2 Å². The van der Waals surface area contributed by atoms with Crippen molar-refractivity contribution >= 4 is 0 Å². The summed E-state index contributed by atoms with van der Waals surface area (Å²) in [5.41, 5.74) is 20.0. The average Bonchev–Trinajstić information content (AvgIpc) is 2.75. The van der Waals surface area contributed by atoms with Crippen LogP contribution >= 0.6 is 0 Å². The van der Waals surface area contributed by atoms with E-state index < -0.39 is 0 Å². The van der Waals surface area contributed by atoms with E-state index >= 15 is 0 Å². The van der Waals surface area contributed by atoms with E-state index in [-0.39, 0.29) is 6.04 Å². The Balaban J connectivity index is 1.46. The third-order valence-electron chi connectivity index (χ3n) is 6.08. The van der Waals surface area contributed by atoms with Gasteiger partial charge in [-0.25, -0.2) is 0 Å². The molecule has 0 bridgehead atoms. The van der Waals surface area contributed by atoms with Gasteiger partial charge in [-0.1, -0.05) is 34.0 Å². The summed E-state index contributed by atoms with van der Waals surface area (Å²) in [4.78, 5) is 10.5. The van der Waals surface area contributed by atoms with Gasteiger partial charge in [0.05, 0.1) is 0 Å². The molecule has 0 aromatic rings. The van der Waals surface area contributed by atoms with Gasteiger partial charge in [-0.05, 0) is 42.3 Å². The zero-order chi connectivity index (χ0) is 20.5. The van der Waals surface area contributed by atoms with Gasteiger partial charge in [0.2, 0.25) is 0 Å². The highest BCUT2D eigenvalue weighted by atomic mass is 15.3. The number of nitrogens with zero attached hydrogens (tertiary/aromatic N) is 8. The SMILES string of the molecule is CC1=CC(C2C=CC(CN3CCN(C(CN=[N+]=[N-])CN=[N+]=[N-])CC3)CC2)=CNC1. The fraction of sp³-hybridized carbons (Fsp3) is 0.700. The Hall–Kier alpha value is -2.44. The van der Waals surface area contributed by atoms with Crippen molar-refractivity contribution in [3.05, 3.63) is 56.5 Å². The molecule has 2 aliphatic heterocycles. The van der Waals surface area contributed by atoms with Gasteiger partial charge in [0.1, 0.15) is 0 Å². The minimum absolute atomic E-state index is 0.00632. The highest BCUT2D eigenvalue weighted by molar-refractivity contribution is 5.32. The first-order chi connectivity index (χ1) is 14.2. The normalized spacial score (nSPS) is 26.4. The molecule has 1 N–H and O–H groups in total. The van der Waals surface area contributed by atoms with Crippen molar-refractivity contribution in [1.82, 2.24) is 15.1 Å². The van der Waals surface area contributed by atoms with E-state index in [4.69, 9.17) is 11.1 Å². The molecule has 0 aromatic heterocycles. The van der Waals surface area contributed by atoms with Gasteiger partial charge in [0.15, 0.2) is 0 Å². The molecule has 156 valence electrons. The van der Waals surface area contributed by atoms with Crippen LogP contribution in [0, 0.1) is 11.8 Å². The average molecular weight is 398 g/mol. The number of allylic oxidation sites excluding steroid dienone is 3. The van der Waals surface area contributed by atoms with E-state index in [1.807, 2.05) is 0 Å². The molecule has 29 heavy (non-hydrogen) atoms. The topological polar surface area (TPSA) is 116 Å². The monoisotopic (exact) mass is 397 g/mol. The molecule has 0 radical (unpaired) electrons. The van der Waals surface area contributed by atoms with E-state index in [1.165, 1.54) is 24.0 Å². The quantitative estimate of drug-likeness (QED) is 0.292. The molecular weight excluding hydrogens is 366 g/mol. The summed E-state index contributed by atoms with van der Waals surface area (Å²) in [5.74, 6) is 1.15. The summed E-state index contributed by atoms with van der Waals surface area (Å²) >= 11 is 0. The summed E-state index contributed by atoms with van der Waals surface area (Å²) < 4.78 is 0. The summed E-state index contributed by atoms with van der Waals surface area (Å²) in [6.45, 7) is 8.74. The lowest BCUT2D eigenvalue weighted by Gasteiger charge is -2.40. The Labute approximate surface area is 172 Å². The van der Waals surface area contributed by atoms with Crippen molar-refractivity contribution < 1.29 is 0 Å². The third kappa shape index (κ3) is 6.27. The molecule has 0 amide bonds. The molecule has 9 heteroatoms. The summed E-state index contributed by atoms with van der Waals surface area (Å²) in [6.07, 6.45) is 11.7. The Bertz CT molecular complexity index is 715. The van der Waals surface area contributed by atoms with E-state index in [0.717, 1.165) is 39.3 Å². The fourth-order valence-electron chi connectivity index (χ4n) is 4.42. The molecule has 3 aliphatic rings. The van der Waals surface area contributed by atoms with Crippen molar-refractivity contribution in [3.63, 3.8) is 0 Å². The van der Waals surface area contributed by atoms with Crippen LogP contribution in [0.15, 0.2) is 45.8 Å². The van der Waals surface area contributed by atoms with Gasteiger partial charge in [-0.2, -0.15) is 0 Å². The van der Waals surface area contributed by atoms with Crippen molar-refractivity contribution in [3.8, 4) is 0 Å². The predicted molar refractivity (Wildman–Crippen MR) is 115 cm³/mol. The van der Waals surface area contributed by atoms with E-state index in [1.54, 1.807) is 0 Å². The molecule has 3 rings (SSSR count). The lowest BCUT2D eigenvalue weighted by atomic mass is 9.83. The van der Waals surface area contributed by atoms with Crippen LogP contribution in [0.25, 0.3) is 20.9 Å². The van der Waals surface area contributed by atoms with Gasteiger partial charge in [0.25, 0.3) is 0 Å². The zero-order valence-electron chi connectivity index (χ0n) is 17.2. The van der Waals surface area contributed by atoms with Crippen molar-refractivity contribution in [1.29, 1.82) is 0 Å². The number of dihydropyridines is 1. The maximum absolute atomic E-state index is 8.59. The second-order valence-electron chi connectivity index (χ2n) is 8.16. The fourth-order valence-corrected chi connectivity index (χ4v) is 4.42. The second-order valence-corrected chi connectivity index (χ2v) is 8.16. The maximum atomic E-state index is 8.59. The van der Waals surface area contributed by atoms with Crippen LogP contribution in [-0.2, 0) is 0 Å². The smallest absolute Gasteiger partial charge is 0.0415 e. The number of azide groups is 2. The largest absolute Gasteiger partial charge is 0.387 e. The summed E-state index contributed by atoms with van der Waals surface area (Å²) in [7, 11) is 0. The first kappa shape index (κ1) is 21.3. The lowest BCUT2D eigenvalue weighted by Crippen LogP contribution is -2.52. The summed E-state index contributed by atoms with van der Waals surface area (Å²) in [6, 6.07) is -0.00632. The van der Waals surface area contributed by atoms with Gasteiger partial charge in [-0.3, -0.25) is 4.90 Å². The van der Waals surface area contributed by atoms with Gasteiger partial charge >= 0.3 is 0 Å². The highest BCUT2D eigenvalue weighted by Gasteiger charge is 2.26. The Kier molecular flexibility index (Phi) is 8.02. The minimum atomic E-state index is -0.00632. The first-order valence-electron chi connectivity index (χ1n) is 10.5. The van der Waals surface area contributed by atoms with Crippen LogP contribution in [0.1, 0.15) is 19.8 Å². The standard InChI is InChI=1S/C20H31N9/c1-16-10-19(12-23-11-16)18-4-2-17(3-5-18)15-28-6-8-29(9-7-28)20(13-24-26-21)14-25-27-22/h2,4,10,12,17-18,20,23H,3,5-9,11,13-15H2,1H3. The molecule has 2 heterocycles. The Morgan fingerprint density at radius 2 is 1.83 bits per heavy atom. The van der Waals surface area contributed by atoms with E-state index in [9.17, 15) is 0 Å². The molecule has 0 spiro atoms. The van der Waals surface area contributed by atoms with Gasteiger partial charge in [-0.15, -0.1) is 0 Å². The molecule has 1 fully saturated rings. The van der Waals surface area contributed by atoms with Crippen LogP contribution in [-0.4, -0.2) is 68.2 Å². The molecule has 1 saturated heterocycles. The highest BCUT2D eigenvalue weighted by Crippen LogP contribution is 2.30. The second kappa shape index (κ2) is 10.9. The van der Waals surface area contributed by atoms with Crippen LogP contribution < -0.4 is 5.32 Å². The van der Waals surface area contributed by atoms with Crippen LogP contribution in [0.5, 0.6) is 0 Å². The molecule has 9 nitrogen and oxygen atoms in total. The molecule has 2 unspecified atom stereocenters. The number of rotatable bonds is 8. The molecule has 0 saturated carbocycles. The molecule has 1 aliphatic carbocycles.